The lowest BCUT2D eigenvalue weighted by Crippen LogP contribution is -2.44. The van der Waals surface area contributed by atoms with Crippen LogP contribution < -0.4 is 11.1 Å². The number of amides is 1. The number of benzene rings is 1. The first-order chi connectivity index (χ1) is 13.4. The van der Waals surface area contributed by atoms with Crippen molar-refractivity contribution in [3.63, 3.8) is 0 Å². The number of nitrogens with one attached hydrogen (secondary N) is 2. The Bertz CT molecular complexity index is 935. The summed E-state index contributed by atoms with van der Waals surface area (Å²) in [7, 11) is 0. The second kappa shape index (κ2) is 8.35. The number of hydrogen-bond acceptors (Lipinski definition) is 6. The van der Waals surface area contributed by atoms with Crippen LogP contribution in [0.2, 0.25) is 5.02 Å². The molecule has 1 fully saturated rings. The summed E-state index contributed by atoms with van der Waals surface area (Å²) in [6.45, 7) is 4.69. The number of piperidine rings is 1. The van der Waals surface area contributed by atoms with E-state index in [2.05, 4.69) is 21.9 Å². The van der Waals surface area contributed by atoms with E-state index >= 15 is 0 Å². The van der Waals surface area contributed by atoms with Crippen molar-refractivity contribution < 1.29 is 9.18 Å². The van der Waals surface area contributed by atoms with Gasteiger partial charge in [0, 0.05) is 24.7 Å². The molecule has 7 nitrogen and oxygen atoms in total. The summed E-state index contributed by atoms with van der Waals surface area (Å²) < 4.78 is 13.5. The number of anilines is 2. The molecule has 146 valence electrons. The lowest BCUT2D eigenvalue weighted by Gasteiger charge is -2.33. The highest BCUT2D eigenvalue weighted by Crippen LogP contribution is 2.26. The Kier molecular flexibility index (Phi) is 5.89. The number of likely N-dealkylation sites (tertiary alicyclic amines) is 1. The van der Waals surface area contributed by atoms with Crippen LogP contribution in [0.5, 0.6) is 0 Å². The lowest BCUT2D eigenvalue weighted by molar-refractivity contribution is -0.127. The van der Waals surface area contributed by atoms with Gasteiger partial charge in [-0.3, -0.25) is 10.2 Å². The van der Waals surface area contributed by atoms with Crippen molar-refractivity contribution in [2.75, 3.05) is 24.1 Å². The summed E-state index contributed by atoms with van der Waals surface area (Å²) in [5.41, 5.74) is 6.73. The molecule has 28 heavy (non-hydrogen) atoms. The van der Waals surface area contributed by atoms with Crippen LogP contribution in [0.25, 0.3) is 0 Å². The highest BCUT2D eigenvalue weighted by molar-refractivity contribution is 6.31. The Morgan fingerprint density at radius 1 is 1.46 bits per heavy atom. The fourth-order valence-electron chi connectivity index (χ4n) is 3.17. The van der Waals surface area contributed by atoms with Crippen LogP contribution in [0.3, 0.4) is 0 Å². The van der Waals surface area contributed by atoms with Gasteiger partial charge in [-0.2, -0.15) is 0 Å². The quantitative estimate of drug-likeness (QED) is 0.526. The molecule has 2 aromatic rings. The molecule has 0 aliphatic carbocycles. The fraction of sp³-hybridized carbons (Fsp3) is 0.263. The standard InChI is InChI=1S/C19H20ClFN6O/c1-2-15(28)27-7-3-4-12(9-27)26-19-16(18(23)24-10-25-19)17(22)11-5-6-14(21)13(20)8-11/h2,5-6,8,10,12,22H,1,3-4,7,9H2,(H3,23,24,25,26). The maximum absolute atomic E-state index is 13.5. The smallest absolute Gasteiger partial charge is 0.246 e. The largest absolute Gasteiger partial charge is 0.383 e. The number of aromatic nitrogens is 2. The van der Waals surface area contributed by atoms with Crippen LogP contribution in [-0.2, 0) is 4.79 Å². The maximum atomic E-state index is 13.5. The molecule has 2 heterocycles. The molecule has 0 radical (unpaired) electrons. The first-order valence-corrected chi connectivity index (χ1v) is 9.11. The number of nitrogen functional groups attached to an aromatic ring is 1. The van der Waals surface area contributed by atoms with Crippen LogP contribution in [0.1, 0.15) is 24.0 Å². The zero-order chi connectivity index (χ0) is 20.3. The van der Waals surface area contributed by atoms with Gasteiger partial charge in [0.25, 0.3) is 0 Å². The van der Waals surface area contributed by atoms with Gasteiger partial charge in [0.1, 0.15) is 23.8 Å². The number of nitrogens with zero attached hydrogens (tertiary/aromatic N) is 3. The molecule has 0 saturated carbocycles. The van der Waals surface area contributed by atoms with Gasteiger partial charge in [0.15, 0.2) is 0 Å². The monoisotopic (exact) mass is 402 g/mol. The van der Waals surface area contributed by atoms with Gasteiger partial charge < -0.3 is 16.0 Å². The van der Waals surface area contributed by atoms with E-state index in [9.17, 15) is 9.18 Å². The second-order valence-corrected chi connectivity index (χ2v) is 6.87. The fourth-order valence-corrected chi connectivity index (χ4v) is 3.35. The van der Waals surface area contributed by atoms with E-state index in [1.807, 2.05) is 0 Å². The minimum atomic E-state index is -0.567. The lowest BCUT2D eigenvalue weighted by atomic mass is 10.0. The molecule has 1 amide bonds. The molecule has 4 N–H and O–H groups in total. The molecule has 1 unspecified atom stereocenters. The van der Waals surface area contributed by atoms with E-state index in [4.69, 9.17) is 22.7 Å². The average molecular weight is 403 g/mol. The molecule has 1 saturated heterocycles. The Morgan fingerprint density at radius 2 is 2.25 bits per heavy atom. The molecule has 1 aliphatic rings. The summed E-state index contributed by atoms with van der Waals surface area (Å²) in [6, 6.07) is 3.94. The van der Waals surface area contributed by atoms with Crippen molar-refractivity contribution in [1.82, 2.24) is 14.9 Å². The van der Waals surface area contributed by atoms with Crippen molar-refractivity contribution in [1.29, 1.82) is 5.41 Å². The molecule has 1 aromatic carbocycles. The Hall–Kier alpha value is -3.00. The molecule has 0 spiro atoms. The molecule has 0 bridgehead atoms. The first-order valence-electron chi connectivity index (χ1n) is 8.73. The van der Waals surface area contributed by atoms with Crippen molar-refractivity contribution in [2.24, 2.45) is 0 Å². The van der Waals surface area contributed by atoms with Gasteiger partial charge in [-0.25, -0.2) is 14.4 Å². The third-order valence-electron chi connectivity index (χ3n) is 4.58. The average Bonchev–Trinajstić information content (AvgIpc) is 2.69. The van der Waals surface area contributed by atoms with E-state index in [0.717, 1.165) is 12.8 Å². The molecular formula is C19H20ClFN6O. The number of rotatable bonds is 5. The van der Waals surface area contributed by atoms with Gasteiger partial charge in [-0.05, 0) is 37.1 Å². The predicted molar refractivity (Wildman–Crippen MR) is 107 cm³/mol. The summed E-state index contributed by atoms with van der Waals surface area (Å²) in [5.74, 6) is -0.181. The molecular weight excluding hydrogens is 383 g/mol. The molecule has 3 rings (SSSR count). The van der Waals surface area contributed by atoms with E-state index in [1.165, 1.54) is 30.6 Å². The van der Waals surface area contributed by atoms with Crippen molar-refractivity contribution >= 4 is 34.9 Å². The SMILES string of the molecule is C=CC(=O)N1CCCC(Nc2ncnc(N)c2C(=N)c2ccc(F)c(Cl)c2)C1. The molecule has 1 aliphatic heterocycles. The van der Waals surface area contributed by atoms with E-state index in [-0.39, 0.29) is 28.5 Å². The van der Waals surface area contributed by atoms with E-state index < -0.39 is 5.82 Å². The third kappa shape index (κ3) is 4.12. The molecule has 1 atom stereocenters. The van der Waals surface area contributed by atoms with Gasteiger partial charge in [-0.15, -0.1) is 0 Å². The Labute approximate surface area is 166 Å². The second-order valence-electron chi connectivity index (χ2n) is 6.46. The van der Waals surface area contributed by atoms with Gasteiger partial charge in [0.05, 0.1) is 16.3 Å². The summed E-state index contributed by atoms with van der Waals surface area (Å²) >= 11 is 5.84. The van der Waals surface area contributed by atoms with Crippen molar-refractivity contribution in [2.45, 2.75) is 18.9 Å². The van der Waals surface area contributed by atoms with Crippen LogP contribution in [-0.4, -0.2) is 45.6 Å². The van der Waals surface area contributed by atoms with E-state index in [1.54, 1.807) is 4.90 Å². The number of carbonyl (C=O) groups excluding carboxylic acids is 1. The topological polar surface area (TPSA) is 108 Å². The van der Waals surface area contributed by atoms with Gasteiger partial charge >= 0.3 is 0 Å². The minimum absolute atomic E-state index is 0.0253. The Balaban J connectivity index is 1.88. The number of nitrogens with two attached hydrogens (primary N) is 1. The zero-order valence-corrected chi connectivity index (χ0v) is 15.8. The number of carbonyl (C=O) groups is 1. The highest BCUT2D eigenvalue weighted by Gasteiger charge is 2.25. The molecule has 1 aromatic heterocycles. The number of hydrogen-bond donors (Lipinski definition) is 3. The van der Waals surface area contributed by atoms with Crippen LogP contribution in [0.15, 0.2) is 37.2 Å². The summed E-state index contributed by atoms with van der Waals surface area (Å²) in [4.78, 5) is 21.8. The van der Waals surface area contributed by atoms with Crippen LogP contribution in [0.4, 0.5) is 16.0 Å². The van der Waals surface area contributed by atoms with Crippen LogP contribution in [0, 0.1) is 11.2 Å². The summed E-state index contributed by atoms with van der Waals surface area (Å²) in [6.07, 6.45) is 4.27. The highest BCUT2D eigenvalue weighted by atomic mass is 35.5. The normalized spacial score (nSPS) is 16.5. The van der Waals surface area contributed by atoms with E-state index in [0.29, 0.717) is 30.0 Å². The van der Waals surface area contributed by atoms with Gasteiger partial charge in [-0.1, -0.05) is 18.2 Å². The van der Waals surface area contributed by atoms with Crippen LogP contribution >= 0.6 is 11.6 Å². The summed E-state index contributed by atoms with van der Waals surface area (Å²) in [5, 5.41) is 11.7. The first kappa shape index (κ1) is 19.8. The zero-order valence-electron chi connectivity index (χ0n) is 15.1. The number of halogens is 2. The Morgan fingerprint density at radius 3 is 2.96 bits per heavy atom. The van der Waals surface area contributed by atoms with Crippen molar-refractivity contribution in [3.05, 3.63) is 59.1 Å². The maximum Gasteiger partial charge on any atom is 0.246 e. The predicted octanol–water partition coefficient (Wildman–Crippen LogP) is 2.86. The molecule has 9 heteroatoms. The minimum Gasteiger partial charge on any atom is -0.383 e. The van der Waals surface area contributed by atoms with Crippen molar-refractivity contribution in [3.8, 4) is 0 Å². The van der Waals surface area contributed by atoms with Gasteiger partial charge in [0.2, 0.25) is 5.91 Å². The third-order valence-corrected chi connectivity index (χ3v) is 4.87.